The Kier molecular flexibility index (Phi) is 5.26. The van der Waals surface area contributed by atoms with Gasteiger partial charge in [-0.3, -0.25) is 4.90 Å². The van der Waals surface area contributed by atoms with Gasteiger partial charge in [-0.05, 0) is 61.7 Å². The summed E-state index contributed by atoms with van der Waals surface area (Å²) < 4.78 is 0. The summed E-state index contributed by atoms with van der Waals surface area (Å²) in [6.45, 7) is 14.2. The lowest BCUT2D eigenvalue weighted by atomic mass is 9.86. The van der Waals surface area contributed by atoms with Crippen molar-refractivity contribution in [3.63, 3.8) is 0 Å². The minimum absolute atomic E-state index is 0.557. The van der Waals surface area contributed by atoms with Gasteiger partial charge in [0.15, 0.2) is 0 Å². The van der Waals surface area contributed by atoms with Gasteiger partial charge in [-0.25, -0.2) is 0 Å². The summed E-state index contributed by atoms with van der Waals surface area (Å²) in [5, 5.41) is 0. The van der Waals surface area contributed by atoms with E-state index in [4.69, 9.17) is 0 Å². The molecule has 1 aromatic carbocycles. The molecule has 1 fully saturated rings. The molecule has 0 amide bonds. The summed E-state index contributed by atoms with van der Waals surface area (Å²) >= 11 is 0. The van der Waals surface area contributed by atoms with Crippen molar-refractivity contribution in [2.45, 2.75) is 59.4 Å². The average molecular weight is 273 g/mol. The molecule has 1 heterocycles. The molecular weight excluding hydrogens is 242 g/mol. The van der Waals surface area contributed by atoms with Crippen molar-refractivity contribution in [3.05, 3.63) is 35.4 Å². The molecule has 20 heavy (non-hydrogen) atoms. The summed E-state index contributed by atoms with van der Waals surface area (Å²) in [6, 6.07) is 9.74. The van der Waals surface area contributed by atoms with Gasteiger partial charge in [0.05, 0.1) is 0 Å². The molecule has 1 saturated heterocycles. The molecule has 1 aliphatic heterocycles. The highest BCUT2D eigenvalue weighted by Gasteiger charge is 2.25. The number of likely N-dealkylation sites (tertiary alicyclic amines) is 1. The highest BCUT2D eigenvalue weighted by molar-refractivity contribution is 5.27. The van der Waals surface area contributed by atoms with Crippen LogP contribution in [0.25, 0.3) is 0 Å². The summed E-state index contributed by atoms with van der Waals surface area (Å²) in [5.41, 5.74) is 2.95. The second-order valence-corrected chi connectivity index (χ2v) is 7.12. The normalized spacial score (nSPS) is 19.8. The molecule has 112 valence electrons. The molecule has 0 radical (unpaired) electrons. The Morgan fingerprint density at radius 2 is 1.55 bits per heavy atom. The molecule has 0 aromatic heterocycles. The zero-order chi connectivity index (χ0) is 14.7. The van der Waals surface area contributed by atoms with E-state index < -0.39 is 0 Å². The number of hydrogen-bond acceptors (Lipinski definition) is 1. The van der Waals surface area contributed by atoms with E-state index in [1.165, 1.54) is 37.1 Å². The molecule has 2 rings (SSSR count). The van der Waals surface area contributed by atoms with Crippen molar-refractivity contribution in [2.24, 2.45) is 11.8 Å². The fraction of sp³-hybridized carbons (Fsp3) is 0.684. The lowest BCUT2D eigenvalue weighted by Gasteiger charge is -2.37. The van der Waals surface area contributed by atoms with Gasteiger partial charge in [0.1, 0.15) is 0 Å². The van der Waals surface area contributed by atoms with Crippen LogP contribution in [-0.4, -0.2) is 18.0 Å². The van der Waals surface area contributed by atoms with E-state index >= 15 is 0 Å². The van der Waals surface area contributed by atoms with E-state index in [1.54, 1.807) is 0 Å². The smallest absolute Gasteiger partial charge is 0.0319 e. The van der Waals surface area contributed by atoms with Crippen LogP contribution < -0.4 is 0 Å². The minimum Gasteiger partial charge on any atom is -0.297 e. The lowest BCUT2D eigenvalue weighted by molar-refractivity contribution is 0.122. The summed E-state index contributed by atoms with van der Waals surface area (Å²) in [6.07, 6.45) is 2.73. The number of nitrogens with zero attached hydrogens (tertiary/aromatic N) is 1. The monoisotopic (exact) mass is 273 g/mol. The first-order valence-electron chi connectivity index (χ1n) is 8.33. The third kappa shape index (κ3) is 3.63. The molecule has 1 aromatic rings. The molecule has 1 nitrogen and oxygen atoms in total. The first kappa shape index (κ1) is 15.6. The van der Waals surface area contributed by atoms with Crippen LogP contribution in [0.15, 0.2) is 24.3 Å². The van der Waals surface area contributed by atoms with Crippen molar-refractivity contribution in [3.8, 4) is 0 Å². The Balaban J connectivity index is 2.01. The number of hydrogen-bond donors (Lipinski definition) is 0. The summed E-state index contributed by atoms with van der Waals surface area (Å²) in [5.74, 6) is 2.39. The molecule has 1 aliphatic rings. The van der Waals surface area contributed by atoms with Crippen molar-refractivity contribution in [1.82, 2.24) is 4.90 Å². The molecule has 1 heteroatoms. The van der Waals surface area contributed by atoms with Crippen LogP contribution >= 0.6 is 0 Å². The quantitative estimate of drug-likeness (QED) is 0.725. The lowest BCUT2D eigenvalue weighted by Crippen LogP contribution is -2.37. The number of piperidine rings is 1. The Bertz CT molecular complexity index is 414. The largest absolute Gasteiger partial charge is 0.297 e. The fourth-order valence-corrected chi connectivity index (χ4v) is 3.36. The van der Waals surface area contributed by atoms with Gasteiger partial charge >= 0.3 is 0 Å². The van der Waals surface area contributed by atoms with Crippen molar-refractivity contribution in [2.75, 3.05) is 13.1 Å². The van der Waals surface area contributed by atoms with Crippen molar-refractivity contribution >= 4 is 0 Å². The van der Waals surface area contributed by atoms with Gasteiger partial charge in [0.2, 0.25) is 0 Å². The van der Waals surface area contributed by atoms with Gasteiger partial charge in [0, 0.05) is 6.04 Å². The summed E-state index contributed by atoms with van der Waals surface area (Å²) in [7, 11) is 0. The molecular formula is C19H31N. The van der Waals surface area contributed by atoms with E-state index in [9.17, 15) is 0 Å². The Labute approximate surface area is 125 Å². The summed E-state index contributed by atoms with van der Waals surface area (Å²) in [4.78, 5) is 2.66. The molecule has 1 atom stereocenters. The number of benzene rings is 1. The molecule has 1 unspecified atom stereocenters. The van der Waals surface area contributed by atoms with Crippen LogP contribution in [0.1, 0.15) is 70.5 Å². The second kappa shape index (κ2) is 6.76. The Morgan fingerprint density at radius 1 is 0.950 bits per heavy atom. The predicted molar refractivity (Wildman–Crippen MR) is 88.1 cm³/mol. The maximum atomic E-state index is 2.66. The van der Waals surface area contributed by atoms with Gasteiger partial charge in [-0.2, -0.15) is 0 Å². The maximum Gasteiger partial charge on any atom is 0.0319 e. The van der Waals surface area contributed by atoms with Crippen LogP contribution in [0.3, 0.4) is 0 Å². The third-order valence-electron chi connectivity index (χ3n) is 5.12. The van der Waals surface area contributed by atoms with E-state index in [0.717, 1.165) is 11.8 Å². The first-order chi connectivity index (χ1) is 9.49. The average Bonchev–Trinajstić information content (AvgIpc) is 2.46. The highest BCUT2D eigenvalue weighted by Crippen LogP contribution is 2.30. The van der Waals surface area contributed by atoms with Gasteiger partial charge in [-0.15, -0.1) is 0 Å². The second-order valence-electron chi connectivity index (χ2n) is 7.12. The van der Waals surface area contributed by atoms with E-state index in [1.807, 2.05) is 0 Å². The topological polar surface area (TPSA) is 3.24 Å². The minimum atomic E-state index is 0.557. The molecule has 0 N–H and O–H groups in total. The zero-order valence-corrected chi connectivity index (χ0v) is 13.9. The maximum absolute atomic E-state index is 2.66. The van der Waals surface area contributed by atoms with E-state index in [2.05, 4.69) is 63.8 Å². The molecule has 0 spiro atoms. The van der Waals surface area contributed by atoms with Gasteiger partial charge < -0.3 is 0 Å². The SMILES string of the molecule is CC(C)c1cccc(C(C)N2CCC(C(C)C)CC2)c1. The first-order valence-corrected chi connectivity index (χ1v) is 8.33. The van der Waals surface area contributed by atoms with Crippen molar-refractivity contribution < 1.29 is 0 Å². The van der Waals surface area contributed by atoms with Crippen molar-refractivity contribution in [1.29, 1.82) is 0 Å². The van der Waals surface area contributed by atoms with E-state index in [-0.39, 0.29) is 0 Å². The van der Waals surface area contributed by atoms with Gasteiger partial charge in [-0.1, -0.05) is 52.0 Å². The van der Waals surface area contributed by atoms with Crippen LogP contribution in [0.2, 0.25) is 0 Å². The Morgan fingerprint density at radius 3 is 2.10 bits per heavy atom. The van der Waals surface area contributed by atoms with Crippen LogP contribution in [0.4, 0.5) is 0 Å². The fourth-order valence-electron chi connectivity index (χ4n) is 3.36. The predicted octanol–water partition coefficient (Wildman–Crippen LogP) is 5.24. The van der Waals surface area contributed by atoms with Crippen LogP contribution in [0, 0.1) is 11.8 Å². The van der Waals surface area contributed by atoms with E-state index in [0.29, 0.717) is 12.0 Å². The van der Waals surface area contributed by atoms with Crippen LogP contribution in [-0.2, 0) is 0 Å². The molecule has 0 aliphatic carbocycles. The van der Waals surface area contributed by atoms with Gasteiger partial charge in [0.25, 0.3) is 0 Å². The van der Waals surface area contributed by atoms with Crippen LogP contribution in [0.5, 0.6) is 0 Å². The zero-order valence-electron chi connectivity index (χ0n) is 13.9. The standard InChI is InChI=1S/C19H31N/c1-14(2)17-9-11-20(12-10-17)16(5)19-8-6-7-18(13-19)15(3)4/h6-8,13-17H,9-12H2,1-5H3. The molecule has 0 saturated carbocycles. The highest BCUT2D eigenvalue weighted by atomic mass is 15.2. The number of rotatable bonds is 4. The molecule has 0 bridgehead atoms. The third-order valence-corrected chi connectivity index (χ3v) is 5.12. The Hall–Kier alpha value is -0.820.